The van der Waals surface area contributed by atoms with Crippen LogP contribution in [0.2, 0.25) is 0 Å². The van der Waals surface area contributed by atoms with Crippen LogP contribution in [-0.2, 0) is 5.41 Å². The lowest BCUT2D eigenvalue weighted by molar-refractivity contribution is -0.00518. The fourth-order valence-electron chi connectivity index (χ4n) is 12.7. The number of furan rings is 1. The first kappa shape index (κ1) is 37.4. The molecule has 0 N–H and O–H groups in total. The second-order valence-corrected chi connectivity index (χ2v) is 19.1. The number of hydrogen-bond acceptors (Lipinski definition) is 2. The first-order valence-electron chi connectivity index (χ1n) is 23.3. The number of para-hydroxylation sites is 1. The highest BCUT2D eigenvalue weighted by molar-refractivity contribution is 6.07. The summed E-state index contributed by atoms with van der Waals surface area (Å²) in [5.41, 5.74) is 16.9. The summed E-state index contributed by atoms with van der Waals surface area (Å²) < 4.78 is 6.20. The van der Waals surface area contributed by atoms with Crippen LogP contribution in [0, 0.1) is 17.8 Å². The molecule has 1 heterocycles. The molecule has 10 aromatic rings. The van der Waals surface area contributed by atoms with Crippen LogP contribution in [0.15, 0.2) is 211 Å². The van der Waals surface area contributed by atoms with E-state index in [4.69, 9.17) is 4.42 Å². The lowest BCUT2D eigenvalue weighted by Crippen LogP contribution is -2.48. The first-order chi connectivity index (χ1) is 31.6. The van der Waals surface area contributed by atoms with Crippen LogP contribution in [0.25, 0.3) is 77.2 Å². The van der Waals surface area contributed by atoms with Crippen molar-refractivity contribution in [1.82, 2.24) is 0 Å². The van der Waals surface area contributed by atoms with E-state index in [0.29, 0.717) is 5.41 Å². The van der Waals surface area contributed by atoms with Crippen LogP contribution >= 0.6 is 0 Å². The van der Waals surface area contributed by atoms with E-state index >= 15 is 0 Å². The molecule has 0 amide bonds. The van der Waals surface area contributed by atoms with Crippen molar-refractivity contribution < 1.29 is 4.42 Å². The summed E-state index contributed by atoms with van der Waals surface area (Å²) in [6.45, 7) is 0. The summed E-state index contributed by atoms with van der Waals surface area (Å²) in [4.78, 5) is 2.40. The van der Waals surface area contributed by atoms with Gasteiger partial charge < -0.3 is 9.32 Å². The van der Waals surface area contributed by atoms with Gasteiger partial charge in [-0.3, -0.25) is 0 Å². The molecule has 4 bridgehead atoms. The van der Waals surface area contributed by atoms with Crippen molar-refractivity contribution in [3.05, 3.63) is 212 Å². The van der Waals surface area contributed by atoms with Crippen LogP contribution in [0.1, 0.15) is 44.1 Å². The van der Waals surface area contributed by atoms with Crippen molar-refractivity contribution in [2.75, 3.05) is 4.90 Å². The Morgan fingerprint density at radius 1 is 0.375 bits per heavy atom. The maximum absolute atomic E-state index is 6.20. The monoisotopic (exact) mass is 823 g/mol. The Hall–Kier alpha value is -7.16. The topological polar surface area (TPSA) is 16.4 Å². The summed E-state index contributed by atoms with van der Waals surface area (Å²) in [7, 11) is 0. The molecular weight excluding hydrogens is 775 g/mol. The zero-order valence-electron chi connectivity index (χ0n) is 36.0. The van der Waals surface area contributed by atoms with Crippen LogP contribution in [0.5, 0.6) is 0 Å². The van der Waals surface area contributed by atoms with Gasteiger partial charge in [-0.2, -0.15) is 0 Å². The first-order valence-corrected chi connectivity index (χ1v) is 23.3. The smallest absolute Gasteiger partial charge is 0.135 e. The molecule has 4 fully saturated rings. The Kier molecular flexibility index (Phi) is 8.76. The molecule has 64 heavy (non-hydrogen) atoms. The van der Waals surface area contributed by atoms with Crippen LogP contribution in [0.4, 0.5) is 17.1 Å². The fourth-order valence-corrected chi connectivity index (χ4v) is 12.7. The molecule has 14 rings (SSSR count). The Bertz CT molecular complexity index is 3300. The number of benzene rings is 9. The molecule has 4 aliphatic carbocycles. The average Bonchev–Trinajstić information content (AvgIpc) is 3.72. The summed E-state index contributed by atoms with van der Waals surface area (Å²) in [6, 6.07) is 76.0. The minimum Gasteiger partial charge on any atom is -0.456 e. The SMILES string of the molecule is c1ccc(-c2cccc3cccc(-c4ccc(N(c5ccc(-c6ccc(C78CC9CC(CC(C9)C7)C8)cc6)cc5)c5cccc(-c6ccc7oc8ccccc8c7c6)c5)cc4)c23)cc1. The second-order valence-electron chi connectivity index (χ2n) is 19.1. The fraction of sp³-hybridized carbons (Fsp3) is 0.161. The predicted molar refractivity (Wildman–Crippen MR) is 268 cm³/mol. The van der Waals surface area contributed by atoms with Gasteiger partial charge in [-0.25, -0.2) is 0 Å². The maximum Gasteiger partial charge on any atom is 0.135 e. The molecule has 0 radical (unpaired) electrons. The highest BCUT2D eigenvalue weighted by atomic mass is 16.3. The number of fused-ring (bicyclic) bond motifs is 4. The third kappa shape index (κ3) is 6.38. The van der Waals surface area contributed by atoms with E-state index in [2.05, 4.69) is 199 Å². The molecule has 2 nitrogen and oxygen atoms in total. The van der Waals surface area contributed by atoms with Gasteiger partial charge in [-0.1, -0.05) is 152 Å². The summed E-state index contributed by atoms with van der Waals surface area (Å²) in [5.74, 6) is 2.85. The van der Waals surface area contributed by atoms with Gasteiger partial charge in [0, 0.05) is 27.8 Å². The largest absolute Gasteiger partial charge is 0.456 e. The molecule has 308 valence electrons. The van der Waals surface area contributed by atoms with Gasteiger partial charge in [0.1, 0.15) is 11.2 Å². The molecule has 2 heteroatoms. The van der Waals surface area contributed by atoms with Gasteiger partial charge in [0.05, 0.1) is 0 Å². The van der Waals surface area contributed by atoms with Crippen molar-refractivity contribution in [3.8, 4) is 44.5 Å². The van der Waals surface area contributed by atoms with E-state index in [1.54, 1.807) is 5.56 Å². The number of anilines is 3. The number of nitrogens with zero attached hydrogens (tertiary/aromatic N) is 1. The maximum atomic E-state index is 6.20. The highest BCUT2D eigenvalue weighted by Crippen LogP contribution is 2.61. The van der Waals surface area contributed by atoms with Crippen LogP contribution < -0.4 is 4.90 Å². The van der Waals surface area contributed by atoms with Crippen molar-refractivity contribution in [3.63, 3.8) is 0 Å². The molecule has 0 aliphatic heterocycles. The molecule has 1 aromatic heterocycles. The summed E-state index contributed by atoms with van der Waals surface area (Å²) in [6.07, 6.45) is 8.64. The Morgan fingerprint density at radius 3 is 1.56 bits per heavy atom. The van der Waals surface area contributed by atoms with Crippen molar-refractivity contribution in [1.29, 1.82) is 0 Å². The van der Waals surface area contributed by atoms with Gasteiger partial charge in [0.2, 0.25) is 0 Å². The van der Waals surface area contributed by atoms with Gasteiger partial charge in [-0.05, 0) is 177 Å². The molecule has 4 saturated carbocycles. The standard InChI is InChI=1S/C62H49NO/c1-2-9-46(10-3-1)55-16-7-11-48-12-8-17-56(61(48)55)47-23-30-53(31-24-47)63(54-14-6-13-49(36-54)50-25-32-60-58(37-50)57-15-4-5-18-59(57)64-60)52-28-21-45(22-29-52)44-19-26-51(27-20-44)62-38-41-33-42(39-62)35-43(34-41)40-62/h1-32,36-37,41-43H,33-35,38-40H2. The highest BCUT2D eigenvalue weighted by Gasteiger charge is 2.51. The Morgan fingerprint density at radius 2 is 0.891 bits per heavy atom. The molecular formula is C62H49NO. The van der Waals surface area contributed by atoms with Crippen molar-refractivity contribution in [2.45, 2.75) is 43.9 Å². The minimum atomic E-state index is 0.414. The Labute approximate surface area is 375 Å². The third-order valence-corrected chi connectivity index (χ3v) is 15.2. The van der Waals surface area contributed by atoms with Gasteiger partial charge in [0.15, 0.2) is 0 Å². The van der Waals surface area contributed by atoms with Crippen LogP contribution in [-0.4, -0.2) is 0 Å². The quantitative estimate of drug-likeness (QED) is 0.152. The van der Waals surface area contributed by atoms with E-state index in [1.807, 2.05) is 12.1 Å². The molecule has 4 aliphatic rings. The van der Waals surface area contributed by atoms with E-state index in [-0.39, 0.29) is 0 Å². The van der Waals surface area contributed by atoms with Gasteiger partial charge >= 0.3 is 0 Å². The molecule has 0 spiro atoms. The number of hydrogen-bond donors (Lipinski definition) is 0. The van der Waals surface area contributed by atoms with Crippen molar-refractivity contribution >= 4 is 49.8 Å². The number of rotatable bonds is 8. The zero-order chi connectivity index (χ0) is 42.2. The average molecular weight is 824 g/mol. The predicted octanol–water partition coefficient (Wildman–Crippen LogP) is 17.3. The van der Waals surface area contributed by atoms with Gasteiger partial charge in [0.25, 0.3) is 0 Å². The summed E-state index contributed by atoms with van der Waals surface area (Å²) in [5, 5.41) is 4.79. The minimum absolute atomic E-state index is 0.414. The van der Waals surface area contributed by atoms with Crippen LogP contribution in [0.3, 0.4) is 0 Å². The van der Waals surface area contributed by atoms with E-state index in [9.17, 15) is 0 Å². The Balaban J connectivity index is 0.877. The molecule has 9 aromatic carbocycles. The molecule has 0 unspecified atom stereocenters. The van der Waals surface area contributed by atoms with Gasteiger partial charge in [-0.15, -0.1) is 0 Å². The van der Waals surface area contributed by atoms with E-state index in [1.165, 1.54) is 82.7 Å². The van der Waals surface area contributed by atoms with Crippen molar-refractivity contribution in [2.24, 2.45) is 17.8 Å². The third-order valence-electron chi connectivity index (χ3n) is 15.2. The lowest BCUT2D eigenvalue weighted by Gasteiger charge is -2.57. The van der Waals surface area contributed by atoms with E-state index < -0.39 is 0 Å². The van der Waals surface area contributed by atoms with E-state index in [0.717, 1.165) is 67.9 Å². The normalized spacial score (nSPS) is 20.0. The lowest BCUT2D eigenvalue weighted by atomic mass is 9.48. The second kappa shape index (κ2) is 15.0. The molecule has 0 atom stereocenters. The zero-order valence-corrected chi connectivity index (χ0v) is 36.0. The molecule has 0 saturated heterocycles. The summed E-state index contributed by atoms with van der Waals surface area (Å²) >= 11 is 0.